The highest BCUT2D eigenvalue weighted by molar-refractivity contribution is 5.74. The molecule has 2 aromatic carbocycles. The summed E-state index contributed by atoms with van der Waals surface area (Å²) in [5.74, 6) is 0. The van der Waals surface area contributed by atoms with Gasteiger partial charge in [-0.15, -0.1) is 0 Å². The third-order valence-corrected chi connectivity index (χ3v) is 3.78. The minimum atomic E-state index is -0.140. The van der Waals surface area contributed by atoms with Crippen LogP contribution in [0.1, 0.15) is 30.3 Å². The first kappa shape index (κ1) is 10.3. The molecule has 2 heteroatoms. The fourth-order valence-electron chi connectivity index (χ4n) is 3.04. The van der Waals surface area contributed by atoms with Crippen LogP contribution in [-0.4, -0.2) is 6.29 Å². The van der Waals surface area contributed by atoms with Crippen molar-refractivity contribution in [2.75, 3.05) is 0 Å². The second kappa shape index (κ2) is 3.67. The van der Waals surface area contributed by atoms with E-state index in [0.717, 1.165) is 0 Å². The first-order chi connectivity index (χ1) is 8.84. The van der Waals surface area contributed by atoms with Gasteiger partial charge in [0.25, 0.3) is 0 Å². The Morgan fingerprint density at radius 3 is 1.67 bits per heavy atom. The zero-order valence-electron chi connectivity index (χ0n) is 10.2. The molecule has 0 aromatic heterocycles. The molecule has 1 saturated heterocycles. The standard InChI is InChI=1S/C16H14O2/c1-10-17-15-13-8-4-2-6-11(13)12-7-3-5-9-14(12)16(15)18-10/h2-10,15-16H,1H3/t10?,15-,16+. The van der Waals surface area contributed by atoms with Gasteiger partial charge >= 0.3 is 0 Å². The summed E-state index contributed by atoms with van der Waals surface area (Å²) in [5, 5.41) is 0. The van der Waals surface area contributed by atoms with Crippen LogP contribution in [0.4, 0.5) is 0 Å². The summed E-state index contributed by atoms with van der Waals surface area (Å²) >= 11 is 0. The van der Waals surface area contributed by atoms with Gasteiger partial charge in [0.2, 0.25) is 0 Å². The van der Waals surface area contributed by atoms with Crippen LogP contribution in [0.3, 0.4) is 0 Å². The molecule has 2 aromatic rings. The van der Waals surface area contributed by atoms with Crippen LogP contribution in [0.2, 0.25) is 0 Å². The molecule has 0 amide bonds. The summed E-state index contributed by atoms with van der Waals surface area (Å²) in [5.41, 5.74) is 5.02. The molecule has 1 aliphatic heterocycles. The van der Waals surface area contributed by atoms with Gasteiger partial charge in [-0.05, 0) is 29.2 Å². The van der Waals surface area contributed by atoms with Gasteiger partial charge in [0.15, 0.2) is 6.29 Å². The van der Waals surface area contributed by atoms with E-state index in [0.29, 0.717) is 0 Å². The Balaban J connectivity index is 2.00. The van der Waals surface area contributed by atoms with Crippen molar-refractivity contribution >= 4 is 0 Å². The van der Waals surface area contributed by atoms with Crippen molar-refractivity contribution in [2.45, 2.75) is 25.4 Å². The smallest absolute Gasteiger partial charge is 0.156 e. The molecule has 4 rings (SSSR count). The quantitative estimate of drug-likeness (QED) is 0.694. The van der Waals surface area contributed by atoms with Gasteiger partial charge in [-0.1, -0.05) is 48.5 Å². The van der Waals surface area contributed by atoms with E-state index >= 15 is 0 Å². The van der Waals surface area contributed by atoms with E-state index in [2.05, 4.69) is 48.5 Å². The monoisotopic (exact) mass is 238 g/mol. The SMILES string of the molecule is CC1O[C@@H]2c3ccccc3-c3ccccc3[C@@H]2O1. The van der Waals surface area contributed by atoms with Crippen LogP contribution >= 0.6 is 0 Å². The van der Waals surface area contributed by atoms with Crippen molar-refractivity contribution in [3.05, 3.63) is 59.7 Å². The lowest BCUT2D eigenvalue weighted by Gasteiger charge is -2.28. The summed E-state index contributed by atoms with van der Waals surface area (Å²) in [4.78, 5) is 0. The minimum Gasteiger partial charge on any atom is -0.342 e. The van der Waals surface area contributed by atoms with Crippen LogP contribution in [0.15, 0.2) is 48.5 Å². The van der Waals surface area contributed by atoms with Gasteiger partial charge < -0.3 is 9.47 Å². The molecule has 0 bridgehead atoms. The third-order valence-electron chi connectivity index (χ3n) is 3.78. The van der Waals surface area contributed by atoms with Crippen molar-refractivity contribution in [2.24, 2.45) is 0 Å². The van der Waals surface area contributed by atoms with E-state index in [-0.39, 0.29) is 18.5 Å². The maximum atomic E-state index is 5.93. The highest BCUT2D eigenvalue weighted by Crippen LogP contribution is 2.51. The highest BCUT2D eigenvalue weighted by atomic mass is 16.7. The summed E-state index contributed by atoms with van der Waals surface area (Å²) < 4.78 is 11.9. The second-order valence-electron chi connectivity index (χ2n) is 4.86. The zero-order valence-corrected chi connectivity index (χ0v) is 10.2. The van der Waals surface area contributed by atoms with E-state index in [9.17, 15) is 0 Å². The number of fused-ring (bicyclic) bond motifs is 6. The van der Waals surface area contributed by atoms with E-state index in [1.807, 2.05) is 6.92 Å². The minimum absolute atomic E-state index is 0.0334. The number of ether oxygens (including phenoxy) is 2. The van der Waals surface area contributed by atoms with Crippen molar-refractivity contribution < 1.29 is 9.47 Å². The van der Waals surface area contributed by atoms with Crippen molar-refractivity contribution in [1.29, 1.82) is 0 Å². The van der Waals surface area contributed by atoms with Crippen molar-refractivity contribution in [1.82, 2.24) is 0 Å². The van der Waals surface area contributed by atoms with Gasteiger partial charge in [-0.2, -0.15) is 0 Å². The van der Waals surface area contributed by atoms with Crippen LogP contribution in [0, 0.1) is 0 Å². The number of rotatable bonds is 0. The fraction of sp³-hybridized carbons (Fsp3) is 0.250. The molecule has 1 heterocycles. The molecule has 1 fully saturated rings. The second-order valence-corrected chi connectivity index (χ2v) is 4.86. The Hall–Kier alpha value is -1.64. The molecule has 0 spiro atoms. The Bertz CT molecular complexity index is 552. The van der Waals surface area contributed by atoms with Crippen LogP contribution in [-0.2, 0) is 9.47 Å². The lowest BCUT2D eigenvalue weighted by atomic mass is 9.82. The maximum absolute atomic E-state index is 5.93. The molecule has 1 unspecified atom stereocenters. The predicted molar refractivity (Wildman–Crippen MR) is 69.0 cm³/mol. The molecule has 2 nitrogen and oxygen atoms in total. The van der Waals surface area contributed by atoms with Crippen molar-refractivity contribution in [3.8, 4) is 11.1 Å². The normalized spacial score (nSPS) is 28.4. The van der Waals surface area contributed by atoms with Gasteiger partial charge in [0, 0.05) is 0 Å². The summed E-state index contributed by atoms with van der Waals surface area (Å²) in [7, 11) is 0. The molecule has 0 radical (unpaired) electrons. The lowest BCUT2D eigenvalue weighted by molar-refractivity contribution is -0.0511. The highest BCUT2D eigenvalue weighted by Gasteiger charge is 2.41. The number of benzene rings is 2. The third kappa shape index (κ3) is 1.30. The topological polar surface area (TPSA) is 18.5 Å². The van der Waals surface area contributed by atoms with Gasteiger partial charge in [0.1, 0.15) is 12.2 Å². The molecule has 0 saturated carbocycles. The largest absolute Gasteiger partial charge is 0.342 e. The Kier molecular flexibility index (Phi) is 2.10. The summed E-state index contributed by atoms with van der Waals surface area (Å²) in [6, 6.07) is 16.9. The number of hydrogen-bond acceptors (Lipinski definition) is 2. The van der Waals surface area contributed by atoms with E-state index in [1.54, 1.807) is 0 Å². The Morgan fingerprint density at radius 1 is 0.722 bits per heavy atom. The van der Waals surface area contributed by atoms with Crippen LogP contribution in [0.5, 0.6) is 0 Å². The van der Waals surface area contributed by atoms with Gasteiger partial charge in [0.05, 0.1) is 0 Å². The first-order valence-electron chi connectivity index (χ1n) is 6.34. The van der Waals surface area contributed by atoms with E-state index in [1.165, 1.54) is 22.3 Å². The maximum Gasteiger partial charge on any atom is 0.156 e. The summed E-state index contributed by atoms with van der Waals surface area (Å²) in [6.07, 6.45) is -0.0728. The zero-order chi connectivity index (χ0) is 12.1. The van der Waals surface area contributed by atoms with E-state index < -0.39 is 0 Å². The Labute approximate surface area is 106 Å². The molecule has 90 valence electrons. The van der Waals surface area contributed by atoms with Crippen LogP contribution in [0.25, 0.3) is 11.1 Å². The number of hydrogen-bond donors (Lipinski definition) is 0. The Morgan fingerprint density at radius 2 is 1.17 bits per heavy atom. The average molecular weight is 238 g/mol. The van der Waals surface area contributed by atoms with Gasteiger partial charge in [-0.25, -0.2) is 0 Å². The van der Waals surface area contributed by atoms with Crippen LogP contribution < -0.4 is 0 Å². The lowest BCUT2D eigenvalue weighted by Crippen LogP contribution is -2.14. The first-order valence-corrected chi connectivity index (χ1v) is 6.34. The van der Waals surface area contributed by atoms with Crippen molar-refractivity contribution in [3.63, 3.8) is 0 Å². The molecule has 18 heavy (non-hydrogen) atoms. The molecule has 3 atom stereocenters. The molecule has 1 aliphatic carbocycles. The fourth-order valence-corrected chi connectivity index (χ4v) is 3.04. The molecular weight excluding hydrogens is 224 g/mol. The molecule has 2 aliphatic rings. The summed E-state index contributed by atoms with van der Waals surface area (Å²) in [6.45, 7) is 1.96. The average Bonchev–Trinajstić information content (AvgIpc) is 2.81. The van der Waals surface area contributed by atoms with E-state index in [4.69, 9.17) is 9.47 Å². The molecular formula is C16H14O2. The molecule has 0 N–H and O–H groups in total. The van der Waals surface area contributed by atoms with Gasteiger partial charge in [-0.3, -0.25) is 0 Å². The predicted octanol–water partition coefficient (Wildman–Crippen LogP) is 3.84.